The average Bonchev–Trinajstić information content (AvgIpc) is 2.35. The van der Waals surface area contributed by atoms with Crippen LogP contribution >= 0.6 is 0 Å². The molecule has 1 N–H and O–H groups in total. The molecule has 0 aliphatic carbocycles. The summed E-state index contributed by atoms with van der Waals surface area (Å²) in [4.78, 5) is 2.49. The molecule has 2 heterocycles. The van der Waals surface area contributed by atoms with Gasteiger partial charge in [-0.3, -0.25) is 0 Å². The Balaban J connectivity index is 1.91. The predicted molar refractivity (Wildman–Crippen MR) is 77.1 cm³/mol. The number of anilines is 1. The van der Waals surface area contributed by atoms with Crippen LogP contribution in [-0.4, -0.2) is 25.2 Å². The Kier molecular flexibility index (Phi) is 3.48. The lowest BCUT2D eigenvalue weighted by molar-refractivity contribution is 0.252. The summed E-state index contributed by atoms with van der Waals surface area (Å²) < 4.78 is 13.7. The summed E-state index contributed by atoms with van der Waals surface area (Å²) >= 11 is 0. The Hall–Kier alpha value is -1.09. The molecule has 3 rings (SSSR count). The first kappa shape index (κ1) is 12.9. The van der Waals surface area contributed by atoms with Gasteiger partial charge in [0.15, 0.2) is 0 Å². The average molecular weight is 262 g/mol. The Morgan fingerprint density at radius 3 is 2.42 bits per heavy atom. The van der Waals surface area contributed by atoms with Gasteiger partial charge in [0, 0.05) is 23.8 Å². The fourth-order valence-electron chi connectivity index (χ4n) is 3.90. The maximum absolute atomic E-state index is 13.7. The fraction of sp³-hybridized carbons (Fsp3) is 0.625. The van der Waals surface area contributed by atoms with Gasteiger partial charge >= 0.3 is 0 Å². The summed E-state index contributed by atoms with van der Waals surface area (Å²) in [6.07, 6.45) is 6.16. The lowest BCUT2D eigenvalue weighted by Crippen LogP contribution is -2.56. The van der Waals surface area contributed by atoms with Crippen molar-refractivity contribution in [3.05, 3.63) is 29.6 Å². The number of hydrogen-bond donors (Lipinski definition) is 1. The van der Waals surface area contributed by atoms with Crippen molar-refractivity contribution in [3.63, 3.8) is 0 Å². The van der Waals surface area contributed by atoms with Crippen LogP contribution in [0.5, 0.6) is 0 Å². The van der Waals surface area contributed by atoms with Crippen LogP contribution in [0.25, 0.3) is 0 Å². The topological polar surface area (TPSA) is 15.3 Å². The van der Waals surface area contributed by atoms with Crippen molar-refractivity contribution in [2.24, 2.45) is 0 Å². The molecule has 0 aromatic heterocycles. The smallest absolute Gasteiger partial charge is 0.125 e. The number of rotatable bonds is 2. The number of aryl methyl sites for hydroxylation is 1. The van der Waals surface area contributed by atoms with Crippen molar-refractivity contribution in [2.45, 2.75) is 57.2 Å². The minimum atomic E-state index is -0.108. The zero-order valence-electron chi connectivity index (χ0n) is 11.8. The van der Waals surface area contributed by atoms with E-state index in [-0.39, 0.29) is 5.82 Å². The van der Waals surface area contributed by atoms with E-state index in [1.54, 1.807) is 12.1 Å². The standard InChI is InChI=1S/C16H23FN2/c1-11-6-12(17)8-16(7-11)19-14-4-3-5-15(19)10-13(9-14)18-2/h6-8,13-15,18H,3-5,9-10H2,1-2H3. The first-order valence-electron chi connectivity index (χ1n) is 7.40. The minimum Gasteiger partial charge on any atom is -0.365 e. The fourth-order valence-corrected chi connectivity index (χ4v) is 3.90. The van der Waals surface area contributed by atoms with Crippen LogP contribution < -0.4 is 10.2 Å². The maximum Gasteiger partial charge on any atom is 0.125 e. The van der Waals surface area contributed by atoms with E-state index in [1.807, 2.05) is 6.92 Å². The minimum absolute atomic E-state index is 0.108. The van der Waals surface area contributed by atoms with Crippen molar-refractivity contribution in [1.82, 2.24) is 5.32 Å². The van der Waals surface area contributed by atoms with Crippen LogP contribution in [-0.2, 0) is 0 Å². The maximum atomic E-state index is 13.7. The van der Waals surface area contributed by atoms with Gasteiger partial charge in [-0.05, 0) is 69.8 Å². The summed E-state index contributed by atoms with van der Waals surface area (Å²) in [6.45, 7) is 1.97. The first-order chi connectivity index (χ1) is 9.17. The molecule has 2 aliphatic heterocycles. The molecule has 104 valence electrons. The molecule has 0 spiro atoms. The first-order valence-corrected chi connectivity index (χ1v) is 7.40. The van der Waals surface area contributed by atoms with Gasteiger partial charge in [-0.2, -0.15) is 0 Å². The van der Waals surface area contributed by atoms with Crippen LogP contribution in [0, 0.1) is 12.7 Å². The molecule has 2 nitrogen and oxygen atoms in total. The predicted octanol–water partition coefficient (Wildman–Crippen LogP) is 3.24. The van der Waals surface area contributed by atoms with Gasteiger partial charge in [0.1, 0.15) is 5.82 Å². The van der Waals surface area contributed by atoms with Gasteiger partial charge < -0.3 is 10.2 Å². The van der Waals surface area contributed by atoms with Gasteiger partial charge in [-0.15, -0.1) is 0 Å². The van der Waals surface area contributed by atoms with Gasteiger partial charge in [-0.1, -0.05) is 0 Å². The van der Waals surface area contributed by atoms with Gasteiger partial charge in [-0.25, -0.2) is 4.39 Å². The summed E-state index contributed by atoms with van der Waals surface area (Å²) in [7, 11) is 2.06. The number of halogens is 1. The molecule has 2 saturated heterocycles. The molecule has 3 heteroatoms. The molecular formula is C16H23FN2. The summed E-state index contributed by atoms with van der Waals surface area (Å²) in [5.74, 6) is -0.108. The molecule has 2 aliphatic rings. The van der Waals surface area contributed by atoms with Gasteiger partial charge in [0.25, 0.3) is 0 Å². The van der Waals surface area contributed by atoms with Gasteiger partial charge in [0.2, 0.25) is 0 Å². The Bertz CT molecular complexity index is 426. The SMILES string of the molecule is CNC1CC2CCCC(C1)N2c1cc(C)cc(F)c1. The van der Waals surface area contributed by atoms with Crippen LogP contribution in [0.15, 0.2) is 18.2 Å². The highest BCUT2D eigenvalue weighted by Gasteiger charge is 2.37. The Morgan fingerprint density at radius 1 is 1.16 bits per heavy atom. The van der Waals surface area contributed by atoms with E-state index >= 15 is 0 Å². The second kappa shape index (κ2) is 5.12. The van der Waals surface area contributed by atoms with Gasteiger partial charge in [0.05, 0.1) is 0 Å². The van der Waals surface area contributed by atoms with E-state index in [2.05, 4.69) is 23.3 Å². The molecule has 1 aromatic rings. The normalized spacial score (nSPS) is 30.5. The Morgan fingerprint density at radius 2 is 1.84 bits per heavy atom. The molecule has 2 fully saturated rings. The van der Waals surface area contributed by atoms with E-state index in [1.165, 1.54) is 32.1 Å². The zero-order valence-corrected chi connectivity index (χ0v) is 11.8. The second-order valence-corrected chi connectivity index (χ2v) is 6.09. The molecule has 2 atom stereocenters. The van der Waals surface area contributed by atoms with E-state index in [9.17, 15) is 4.39 Å². The highest BCUT2D eigenvalue weighted by atomic mass is 19.1. The van der Waals surface area contributed by atoms with Crippen molar-refractivity contribution < 1.29 is 4.39 Å². The molecule has 0 amide bonds. The third-order valence-electron chi connectivity index (χ3n) is 4.71. The van der Waals surface area contributed by atoms with E-state index in [0.717, 1.165) is 11.3 Å². The van der Waals surface area contributed by atoms with E-state index < -0.39 is 0 Å². The summed E-state index contributed by atoms with van der Waals surface area (Å²) in [5, 5.41) is 3.43. The van der Waals surface area contributed by atoms with Crippen molar-refractivity contribution in [1.29, 1.82) is 0 Å². The highest BCUT2D eigenvalue weighted by Crippen LogP contribution is 2.38. The largest absolute Gasteiger partial charge is 0.365 e. The van der Waals surface area contributed by atoms with Crippen molar-refractivity contribution in [3.8, 4) is 0 Å². The third-order valence-corrected chi connectivity index (χ3v) is 4.71. The monoisotopic (exact) mass is 262 g/mol. The highest BCUT2D eigenvalue weighted by molar-refractivity contribution is 5.52. The number of benzene rings is 1. The number of nitrogens with zero attached hydrogens (tertiary/aromatic N) is 1. The molecule has 2 bridgehead atoms. The lowest BCUT2D eigenvalue weighted by Gasteiger charge is -2.50. The molecule has 0 radical (unpaired) electrons. The van der Waals surface area contributed by atoms with Crippen LogP contribution in [0.2, 0.25) is 0 Å². The molecule has 19 heavy (non-hydrogen) atoms. The quantitative estimate of drug-likeness (QED) is 0.880. The van der Waals surface area contributed by atoms with Crippen molar-refractivity contribution in [2.75, 3.05) is 11.9 Å². The zero-order chi connectivity index (χ0) is 13.4. The molecular weight excluding hydrogens is 239 g/mol. The van der Waals surface area contributed by atoms with Crippen LogP contribution in [0.1, 0.15) is 37.7 Å². The third kappa shape index (κ3) is 2.48. The van der Waals surface area contributed by atoms with Crippen molar-refractivity contribution >= 4 is 5.69 Å². The number of nitrogens with one attached hydrogen (secondary N) is 1. The van der Waals surface area contributed by atoms with E-state index in [0.29, 0.717) is 18.1 Å². The molecule has 1 aromatic carbocycles. The lowest BCUT2D eigenvalue weighted by atomic mass is 9.81. The van der Waals surface area contributed by atoms with Crippen LogP contribution in [0.4, 0.5) is 10.1 Å². The molecule has 0 saturated carbocycles. The number of hydrogen-bond acceptors (Lipinski definition) is 2. The summed E-state index contributed by atoms with van der Waals surface area (Å²) in [6, 6.07) is 7.23. The summed E-state index contributed by atoms with van der Waals surface area (Å²) in [5.41, 5.74) is 2.10. The second-order valence-electron chi connectivity index (χ2n) is 6.09. The molecule has 2 unspecified atom stereocenters. The Labute approximate surface area is 115 Å². The van der Waals surface area contributed by atoms with Crippen LogP contribution in [0.3, 0.4) is 0 Å². The van der Waals surface area contributed by atoms with E-state index in [4.69, 9.17) is 0 Å². The number of fused-ring (bicyclic) bond motifs is 2. The number of piperidine rings is 2.